The minimum absolute atomic E-state index is 0.0313. The summed E-state index contributed by atoms with van der Waals surface area (Å²) in [5.41, 5.74) is -0.0313. The van der Waals surface area contributed by atoms with Gasteiger partial charge in [-0.05, 0) is 6.42 Å². The van der Waals surface area contributed by atoms with Gasteiger partial charge in [0.2, 0.25) is 0 Å². The monoisotopic (exact) mass is 218 g/mol. The fourth-order valence-electron chi connectivity index (χ4n) is 0.895. The number of hydrogen-bond acceptors (Lipinski definition) is 3. The molecule has 5 heteroatoms. The van der Waals surface area contributed by atoms with Crippen LogP contribution < -0.4 is 0 Å². The molecular weight excluding hydrogens is 204 g/mol. The molecule has 0 aliphatic rings. The van der Waals surface area contributed by atoms with Crippen LogP contribution in [-0.2, 0) is 9.59 Å². The zero-order chi connectivity index (χ0) is 11.3. The van der Waals surface area contributed by atoms with Crippen molar-refractivity contribution >= 4 is 23.7 Å². The largest absolute Gasteiger partial charge is 0.478 e. The van der Waals surface area contributed by atoms with Crippen molar-refractivity contribution in [2.24, 2.45) is 0 Å². The molecule has 0 saturated carbocycles. The average Bonchev–Trinajstić information content (AvgIpc) is 2.02. The summed E-state index contributed by atoms with van der Waals surface area (Å²) >= 11 is 1.07. The number of carboxylic acid groups (broad SMARTS) is 2. The van der Waals surface area contributed by atoms with E-state index in [1.807, 2.05) is 13.8 Å². The molecule has 80 valence electrons. The van der Waals surface area contributed by atoms with Crippen molar-refractivity contribution in [3.05, 3.63) is 10.5 Å². The van der Waals surface area contributed by atoms with Crippen molar-refractivity contribution in [3.63, 3.8) is 0 Å². The van der Waals surface area contributed by atoms with Crippen LogP contribution in [0.15, 0.2) is 10.5 Å². The third kappa shape index (κ3) is 3.83. The highest BCUT2D eigenvalue weighted by molar-refractivity contribution is 8.04. The van der Waals surface area contributed by atoms with Crippen LogP contribution in [0.4, 0.5) is 0 Å². The molecule has 0 bridgehead atoms. The van der Waals surface area contributed by atoms with Gasteiger partial charge in [0.15, 0.2) is 0 Å². The Balaban J connectivity index is 5.10. The lowest BCUT2D eigenvalue weighted by molar-refractivity contribution is -0.135. The van der Waals surface area contributed by atoms with E-state index in [2.05, 4.69) is 0 Å². The molecular formula is C9H14O4S. The topological polar surface area (TPSA) is 74.6 Å². The van der Waals surface area contributed by atoms with Gasteiger partial charge in [0.05, 0.1) is 5.57 Å². The van der Waals surface area contributed by atoms with Crippen LogP contribution in [0.2, 0.25) is 0 Å². The predicted molar refractivity (Wildman–Crippen MR) is 55.3 cm³/mol. The smallest absolute Gasteiger partial charge is 0.342 e. The fraction of sp³-hybridized carbons (Fsp3) is 0.556. The standard InChI is InChI=1S/C9H14O4S/c1-4-6(8(10)11)7(9(12)13)14-5(2)3/h5H,4H2,1-3H3,(H,10,11)(H,12,13)/b7-6+. The Morgan fingerprint density at radius 3 is 1.93 bits per heavy atom. The normalized spacial score (nSPS) is 12.6. The maximum atomic E-state index is 10.8. The van der Waals surface area contributed by atoms with E-state index in [-0.39, 0.29) is 22.1 Å². The molecule has 0 heterocycles. The van der Waals surface area contributed by atoms with Crippen LogP contribution in [0.1, 0.15) is 27.2 Å². The quantitative estimate of drug-likeness (QED) is 0.690. The Morgan fingerprint density at radius 1 is 1.21 bits per heavy atom. The van der Waals surface area contributed by atoms with E-state index in [1.54, 1.807) is 6.92 Å². The summed E-state index contributed by atoms with van der Waals surface area (Å²) in [6.07, 6.45) is 0.219. The van der Waals surface area contributed by atoms with Gasteiger partial charge in [-0.3, -0.25) is 0 Å². The molecule has 0 aromatic rings. The lowest BCUT2D eigenvalue weighted by Crippen LogP contribution is -2.10. The van der Waals surface area contributed by atoms with E-state index in [1.165, 1.54) is 0 Å². The first kappa shape index (κ1) is 13.0. The predicted octanol–water partition coefficient (Wildman–Crippen LogP) is 1.96. The van der Waals surface area contributed by atoms with Gasteiger partial charge < -0.3 is 10.2 Å². The molecule has 0 atom stereocenters. The molecule has 0 unspecified atom stereocenters. The van der Waals surface area contributed by atoms with Gasteiger partial charge in [-0.15, -0.1) is 11.8 Å². The van der Waals surface area contributed by atoms with Crippen molar-refractivity contribution in [3.8, 4) is 0 Å². The number of carboxylic acids is 2. The summed E-state index contributed by atoms with van der Waals surface area (Å²) < 4.78 is 0. The second kappa shape index (κ2) is 5.70. The van der Waals surface area contributed by atoms with E-state index in [0.29, 0.717) is 0 Å². The van der Waals surface area contributed by atoms with Crippen LogP contribution in [0.25, 0.3) is 0 Å². The Kier molecular flexibility index (Phi) is 5.30. The molecule has 14 heavy (non-hydrogen) atoms. The number of thioether (sulfide) groups is 1. The lowest BCUT2D eigenvalue weighted by Gasteiger charge is -2.08. The Hall–Kier alpha value is -0.970. The summed E-state index contributed by atoms with van der Waals surface area (Å²) in [4.78, 5) is 21.5. The summed E-state index contributed by atoms with van der Waals surface area (Å²) in [6, 6.07) is 0. The second-order valence-corrected chi connectivity index (χ2v) is 4.52. The highest BCUT2D eigenvalue weighted by Gasteiger charge is 2.20. The summed E-state index contributed by atoms with van der Waals surface area (Å²) in [7, 11) is 0. The van der Waals surface area contributed by atoms with Gasteiger partial charge in [0.1, 0.15) is 4.91 Å². The van der Waals surface area contributed by atoms with Gasteiger partial charge in [0.25, 0.3) is 0 Å². The Morgan fingerprint density at radius 2 is 1.71 bits per heavy atom. The fourth-order valence-corrected chi connectivity index (χ4v) is 1.84. The SMILES string of the molecule is CC/C(C(=O)O)=C(\SC(C)C)C(=O)O. The molecule has 0 aromatic carbocycles. The van der Waals surface area contributed by atoms with E-state index >= 15 is 0 Å². The van der Waals surface area contributed by atoms with Crippen LogP contribution >= 0.6 is 11.8 Å². The molecule has 0 amide bonds. The van der Waals surface area contributed by atoms with Crippen molar-refractivity contribution < 1.29 is 19.8 Å². The van der Waals surface area contributed by atoms with E-state index < -0.39 is 11.9 Å². The summed E-state index contributed by atoms with van der Waals surface area (Å²) in [5, 5.41) is 17.7. The van der Waals surface area contributed by atoms with Gasteiger partial charge >= 0.3 is 11.9 Å². The molecule has 4 nitrogen and oxygen atoms in total. The molecule has 0 aromatic heterocycles. The van der Waals surface area contributed by atoms with Crippen molar-refractivity contribution in [1.29, 1.82) is 0 Å². The average molecular weight is 218 g/mol. The number of hydrogen-bond donors (Lipinski definition) is 2. The highest BCUT2D eigenvalue weighted by Crippen LogP contribution is 2.26. The summed E-state index contributed by atoms with van der Waals surface area (Å²) in [5.74, 6) is -2.32. The second-order valence-electron chi connectivity index (χ2n) is 2.94. The van der Waals surface area contributed by atoms with Crippen LogP contribution in [-0.4, -0.2) is 27.4 Å². The van der Waals surface area contributed by atoms with Crippen LogP contribution in [0.5, 0.6) is 0 Å². The maximum absolute atomic E-state index is 10.8. The van der Waals surface area contributed by atoms with Crippen molar-refractivity contribution in [2.45, 2.75) is 32.4 Å². The molecule has 0 radical (unpaired) electrons. The minimum atomic E-state index is -1.16. The van der Waals surface area contributed by atoms with Crippen molar-refractivity contribution in [2.75, 3.05) is 0 Å². The van der Waals surface area contributed by atoms with Crippen LogP contribution in [0.3, 0.4) is 0 Å². The van der Waals surface area contributed by atoms with Crippen LogP contribution in [0, 0.1) is 0 Å². The van der Waals surface area contributed by atoms with Gasteiger partial charge in [-0.25, -0.2) is 9.59 Å². The van der Waals surface area contributed by atoms with Crippen molar-refractivity contribution in [1.82, 2.24) is 0 Å². The lowest BCUT2D eigenvalue weighted by atomic mass is 10.2. The van der Waals surface area contributed by atoms with Gasteiger partial charge in [-0.1, -0.05) is 20.8 Å². The Bertz CT molecular complexity index is 268. The molecule has 0 rings (SSSR count). The number of carbonyl (C=O) groups is 2. The first-order valence-electron chi connectivity index (χ1n) is 4.26. The van der Waals surface area contributed by atoms with E-state index in [4.69, 9.17) is 10.2 Å². The molecule has 0 aliphatic heterocycles. The molecule has 0 fully saturated rings. The minimum Gasteiger partial charge on any atom is -0.478 e. The van der Waals surface area contributed by atoms with E-state index in [9.17, 15) is 9.59 Å². The van der Waals surface area contributed by atoms with Gasteiger partial charge in [0, 0.05) is 5.25 Å². The molecule has 0 spiro atoms. The first-order chi connectivity index (χ1) is 6.40. The zero-order valence-corrected chi connectivity index (χ0v) is 9.22. The number of aliphatic carboxylic acids is 2. The third-order valence-electron chi connectivity index (χ3n) is 1.43. The number of rotatable bonds is 5. The zero-order valence-electron chi connectivity index (χ0n) is 8.40. The van der Waals surface area contributed by atoms with E-state index in [0.717, 1.165) is 11.8 Å². The maximum Gasteiger partial charge on any atom is 0.342 e. The Labute approximate surface area is 87.0 Å². The summed E-state index contributed by atoms with van der Waals surface area (Å²) in [6.45, 7) is 5.28. The first-order valence-corrected chi connectivity index (χ1v) is 5.14. The molecule has 0 saturated heterocycles. The highest BCUT2D eigenvalue weighted by atomic mass is 32.2. The molecule has 2 N–H and O–H groups in total. The van der Waals surface area contributed by atoms with Gasteiger partial charge in [-0.2, -0.15) is 0 Å². The third-order valence-corrected chi connectivity index (χ3v) is 2.56. The molecule has 0 aliphatic carbocycles.